The maximum absolute atomic E-state index is 5.52. The maximum Gasteiger partial charge on any atom is 0.161 e. The highest BCUT2D eigenvalue weighted by molar-refractivity contribution is 5.90. The van der Waals surface area contributed by atoms with Gasteiger partial charge in [-0.2, -0.15) is 0 Å². The second-order valence-electron chi connectivity index (χ2n) is 8.88. The Balaban J connectivity index is 0.00000200. The molecule has 0 saturated carbocycles. The number of rotatable bonds is 7. The third kappa shape index (κ3) is 6.09. The predicted octanol–water partition coefficient (Wildman–Crippen LogP) is 5.78. The zero-order valence-corrected chi connectivity index (χ0v) is 23.6. The number of aromatic nitrogens is 4. The van der Waals surface area contributed by atoms with Crippen molar-refractivity contribution in [2.24, 2.45) is 0 Å². The Morgan fingerprint density at radius 1 is 0.789 bits per heavy atom. The number of nitrogens with zero attached hydrogens (tertiary/aromatic N) is 6. The molecule has 1 fully saturated rings. The molecule has 0 N–H and O–H groups in total. The van der Waals surface area contributed by atoms with E-state index in [-0.39, 0.29) is 24.8 Å². The monoisotopic (exact) mass is 554 g/mol. The quantitative estimate of drug-likeness (QED) is 0.284. The van der Waals surface area contributed by atoms with Gasteiger partial charge < -0.3 is 19.3 Å². The lowest BCUT2D eigenvalue weighted by atomic mass is 10.1. The largest absolute Gasteiger partial charge is 0.493 e. The summed E-state index contributed by atoms with van der Waals surface area (Å²) in [6.07, 6.45) is 6.09. The number of methoxy groups -OCH3 is 2. The first-order valence-corrected chi connectivity index (χ1v) is 12.0. The Morgan fingerprint density at radius 3 is 2.16 bits per heavy atom. The van der Waals surface area contributed by atoms with E-state index >= 15 is 0 Å². The van der Waals surface area contributed by atoms with Crippen LogP contribution in [-0.2, 0) is 0 Å². The average molecular weight is 556 g/mol. The van der Waals surface area contributed by atoms with Gasteiger partial charge in [-0.15, -0.1) is 24.8 Å². The van der Waals surface area contributed by atoms with E-state index in [1.807, 2.05) is 79.7 Å². The SMILES string of the molecule is COc1ccc(-c2cc(N3CCCC3)nc(C=Cc3nc(N(C)C)c4ccccc4n3)n2)cc1OC.Cl.Cl. The van der Waals surface area contributed by atoms with Gasteiger partial charge >= 0.3 is 0 Å². The number of benzene rings is 2. The molecule has 8 nitrogen and oxygen atoms in total. The van der Waals surface area contributed by atoms with Crippen LogP contribution in [0.3, 0.4) is 0 Å². The lowest BCUT2D eigenvalue weighted by Crippen LogP contribution is -2.19. The number of ether oxygens (including phenoxy) is 2. The van der Waals surface area contributed by atoms with E-state index in [2.05, 4.69) is 4.90 Å². The molecule has 0 aliphatic carbocycles. The van der Waals surface area contributed by atoms with Crippen LogP contribution in [0.1, 0.15) is 24.5 Å². The van der Waals surface area contributed by atoms with Gasteiger partial charge in [-0.25, -0.2) is 19.9 Å². The zero-order chi connectivity index (χ0) is 25.1. The van der Waals surface area contributed by atoms with Crippen molar-refractivity contribution >= 4 is 59.5 Å². The van der Waals surface area contributed by atoms with Gasteiger partial charge in [0.2, 0.25) is 0 Å². The summed E-state index contributed by atoms with van der Waals surface area (Å²) < 4.78 is 10.9. The molecule has 0 unspecified atom stereocenters. The molecular formula is C28H32Cl2N6O2. The fourth-order valence-electron chi connectivity index (χ4n) is 4.42. The summed E-state index contributed by atoms with van der Waals surface area (Å²) in [6.45, 7) is 1.98. The predicted molar refractivity (Wildman–Crippen MR) is 159 cm³/mol. The van der Waals surface area contributed by atoms with E-state index in [0.717, 1.165) is 46.9 Å². The summed E-state index contributed by atoms with van der Waals surface area (Å²) in [4.78, 5) is 23.5. The fraction of sp³-hybridized carbons (Fsp3) is 0.286. The summed E-state index contributed by atoms with van der Waals surface area (Å²) in [5, 5.41) is 1.02. The number of para-hydroxylation sites is 1. The number of hydrogen-bond donors (Lipinski definition) is 0. The highest BCUT2D eigenvalue weighted by atomic mass is 35.5. The van der Waals surface area contributed by atoms with Gasteiger partial charge in [0, 0.05) is 44.2 Å². The standard InChI is InChI=1S/C28H30N6O2.2ClH/c1-33(2)28-20-9-5-6-10-21(20)29-26(32-28)14-13-25-30-22(18-27(31-25)34-15-7-8-16-34)19-11-12-23(35-3)24(17-19)36-4;;/h5-6,9-14,17-18H,7-8,15-16H2,1-4H3;2*1H. The molecule has 0 spiro atoms. The minimum absolute atomic E-state index is 0. The summed E-state index contributed by atoms with van der Waals surface area (Å²) >= 11 is 0. The number of hydrogen-bond acceptors (Lipinski definition) is 8. The Kier molecular flexibility index (Phi) is 9.72. The highest BCUT2D eigenvalue weighted by Gasteiger charge is 2.17. The second-order valence-corrected chi connectivity index (χ2v) is 8.88. The highest BCUT2D eigenvalue weighted by Crippen LogP contribution is 2.33. The van der Waals surface area contributed by atoms with Crippen molar-refractivity contribution in [3.8, 4) is 22.8 Å². The van der Waals surface area contributed by atoms with Gasteiger partial charge in [-0.3, -0.25) is 0 Å². The molecule has 10 heteroatoms. The molecule has 0 amide bonds. The summed E-state index contributed by atoms with van der Waals surface area (Å²) in [5.74, 6) is 4.35. The fourth-order valence-corrected chi connectivity index (χ4v) is 4.42. The number of anilines is 2. The van der Waals surface area contributed by atoms with Crippen molar-refractivity contribution in [2.75, 3.05) is 51.2 Å². The van der Waals surface area contributed by atoms with Gasteiger partial charge in [0.15, 0.2) is 23.1 Å². The molecule has 38 heavy (non-hydrogen) atoms. The molecular weight excluding hydrogens is 523 g/mol. The van der Waals surface area contributed by atoms with Crippen molar-refractivity contribution in [2.45, 2.75) is 12.8 Å². The Morgan fingerprint density at radius 2 is 1.47 bits per heavy atom. The van der Waals surface area contributed by atoms with Crippen LogP contribution in [0.5, 0.6) is 11.5 Å². The molecule has 2 aromatic carbocycles. The van der Waals surface area contributed by atoms with Gasteiger partial charge in [0.25, 0.3) is 0 Å². The van der Waals surface area contributed by atoms with Crippen LogP contribution < -0.4 is 19.3 Å². The maximum atomic E-state index is 5.52. The summed E-state index contributed by atoms with van der Waals surface area (Å²) in [6, 6.07) is 15.9. The Hall–Kier alpha value is -3.62. The van der Waals surface area contributed by atoms with Gasteiger partial charge in [-0.05, 0) is 55.3 Å². The normalized spacial score (nSPS) is 12.8. The van der Waals surface area contributed by atoms with Crippen LogP contribution in [0.4, 0.5) is 11.6 Å². The molecule has 0 radical (unpaired) electrons. The molecule has 0 bridgehead atoms. The van der Waals surface area contributed by atoms with Crippen molar-refractivity contribution < 1.29 is 9.47 Å². The van der Waals surface area contributed by atoms with Crippen molar-refractivity contribution in [3.63, 3.8) is 0 Å². The molecule has 1 aliphatic rings. The van der Waals surface area contributed by atoms with Crippen LogP contribution >= 0.6 is 24.8 Å². The molecule has 2 aromatic heterocycles. The van der Waals surface area contributed by atoms with E-state index in [4.69, 9.17) is 29.4 Å². The van der Waals surface area contributed by atoms with Gasteiger partial charge in [0.05, 0.1) is 25.4 Å². The van der Waals surface area contributed by atoms with Crippen molar-refractivity contribution in [3.05, 3.63) is 60.2 Å². The number of halogens is 2. The smallest absolute Gasteiger partial charge is 0.161 e. The summed E-state index contributed by atoms with van der Waals surface area (Å²) in [7, 11) is 7.24. The molecule has 4 aromatic rings. The number of fused-ring (bicyclic) bond motifs is 1. The van der Waals surface area contributed by atoms with E-state index in [1.54, 1.807) is 14.2 Å². The van der Waals surface area contributed by atoms with E-state index in [1.165, 1.54) is 12.8 Å². The molecule has 5 rings (SSSR count). The third-order valence-corrected chi connectivity index (χ3v) is 6.24. The zero-order valence-electron chi connectivity index (χ0n) is 21.9. The van der Waals surface area contributed by atoms with E-state index in [0.29, 0.717) is 23.1 Å². The molecule has 1 aliphatic heterocycles. The van der Waals surface area contributed by atoms with Crippen LogP contribution in [0, 0.1) is 0 Å². The van der Waals surface area contributed by atoms with E-state index < -0.39 is 0 Å². The summed E-state index contributed by atoms with van der Waals surface area (Å²) in [5.41, 5.74) is 2.65. The van der Waals surface area contributed by atoms with Gasteiger partial charge in [0.1, 0.15) is 11.6 Å². The van der Waals surface area contributed by atoms with Crippen LogP contribution in [0.15, 0.2) is 48.5 Å². The molecule has 1 saturated heterocycles. The molecule has 200 valence electrons. The third-order valence-electron chi connectivity index (χ3n) is 6.24. The Bertz CT molecular complexity index is 1420. The molecule has 0 atom stereocenters. The van der Waals surface area contributed by atoms with Crippen LogP contribution in [0.25, 0.3) is 34.3 Å². The first-order valence-electron chi connectivity index (χ1n) is 12.0. The molecule has 3 heterocycles. The first-order chi connectivity index (χ1) is 17.6. The van der Waals surface area contributed by atoms with Gasteiger partial charge in [-0.1, -0.05) is 12.1 Å². The van der Waals surface area contributed by atoms with Crippen LogP contribution in [-0.4, -0.2) is 61.3 Å². The topological polar surface area (TPSA) is 76.5 Å². The minimum Gasteiger partial charge on any atom is -0.493 e. The average Bonchev–Trinajstić information content (AvgIpc) is 3.46. The van der Waals surface area contributed by atoms with E-state index in [9.17, 15) is 0 Å². The van der Waals surface area contributed by atoms with Crippen LogP contribution in [0.2, 0.25) is 0 Å². The lowest BCUT2D eigenvalue weighted by molar-refractivity contribution is 0.355. The lowest BCUT2D eigenvalue weighted by Gasteiger charge is -2.18. The Labute approximate surface area is 235 Å². The first kappa shape index (κ1) is 28.9. The second kappa shape index (κ2) is 12.8. The van der Waals surface area contributed by atoms with Crippen molar-refractivity contribution in [1.82, 2.24) is 19.9 Å². The van der Waals surface area contributed by atoms with Crippen molar-refractivity contribution in [1.29, 1.82) is 0 Å². The minimum atomic E-state index is 0.